The monoisotopic (exact) mass is 416 g/mol. The van der Waals surface area contributed by atoms with Crippen molar-refractivity contribution in [3.63, 3.8) is 0 Å². The van der Waals surface area contributed by atoms with Crippen molar-refractivity contribution in [1.82, 2.24) is 20.0 Å². The van der Waals surface area contributed by atoms with Gasteiger partial charge in [0.25, 0.3) is 0 Å². The Hall–Kier alpha value is -2.64. The van der Waals surface area contributed by atoms with Gasteiger partial charge in [0, 0.05) is 25.2 Å². The van der Waals surface area contributed by atoms with Gasteiger partial charge in [-0.2, -0.15) is 0 Å². The minimum absolute atomic E-state index is 0.0202. The molecule has 0 saturated carbocycles. The number of methoxy groups -OCH3 is 1. The first-order valence-electron chi connectivity index (χ1n) is 10.0. The Kier molecular flexibility index (Phi) is 9.08. The second-order valence-corrected chi connectivity index (χ2v) is 7.76. The summed E-state index contributed by atoms with van der Waals surface area (Å²) < 4.78 is 19.5. The molecule has 30 heavy (non-hydrogen) atoms. The Morgan fingerprint density at radius 3 is 2.43 bits per heavy atom. The highest BCUT2D eigenvalue weighted by Crippen LogP contribution is 2.22. The topological polar surface area (TPSA) is 48.1 Å². The molecular formula is C23H33FN4O2. The van der Waals surface area contributed by atoms with E-state index in [4.69, 9.17) is 4.74 Å². The van der Waals surface area contributed by atoms with Crippen LogP contribution >= 0.6 is 0 Å². The van der Waals surface area contributed by atoms with E-state index in [0.29, 0.717) is 25.2 Å². The van der Waals surface area contributed by atoms with Crippen molar-refractivity contribution in [2.75, 3.05) is 54.9 Å². The van der Waals surface area contributed by atoms with Crippen molar-refractivity contribution in [2.24, 2.45) is 0 Å². The standard InChI is InChI=1S/C23H33FN4O2/c1-26(2)13-14-28(17-19-9-6-7-12-21(19)24)23(29)25-16-22(27(3)4)18-10-8-11-20(15-18)30-5/h6-12,15,22H,13-14,16-17H2,1-5H3,(H,25,29). The molecule has 2 aromatic rings. The Bertz CT molecular complexity index is 813. The lowest BCUT2D eigenvalue weighted by molar-refractivity contribution is 0.183. The fraction of sp³-hybridized carbons (Fsp3) is 0.435. The van der Waals surface area contributed by atoms with E-state index >= 15 is 0 Å². The van der Waals surface area contributed by atoms with Gasteiger partial charge in [0.1, 0.15) is 11.6 Å². The van der Waals surface area contributed by atoms with E-state index in [-0.39, 0.29) is 24.4 Å². The predicted octanol–water partition coefficient (Wildman–Crippen LogP) is 3.21. The van der Waals surface area contributed by atoms with E-state index in [1.807, 2.05) is 57.4 Å². The summed E-state index contributed by atoms with van der Waals surface area (Å²) in [4.78, 5) is 18.7. The molecule has 0 aliphatic rings. The summed E-state index contributed by atoms with van der Waals surface area (Å²) in [5.74, 6) is 0.473. The molecule has 0 aliphatic heterocycles. The molecule has 0 saturated heterocycles. The normalized spacial score (nSPS) is 12.1. The van der Waals surface area contributed by atoms with Crippen molar-refractivity contribution < 1.29 is 13.9 Å². The molecule has 0 radical (unpaired) electrons. The molecule has 0 aromatic heterocycles. The van der Waals surface area contributed by atoms with Gasteiger partial charge in [-0.15, -0.1) is 0 Å². The van der Waals surface area contributed by atoms with E-state index in [2.05, 4.69) is 10.2 Å². The molecule has 2 rings (SSSR count). The number of amides is 2. The summed E-state index contributed by atoms with van der Waals surface area (Å²) in [5.41, 5.74) is 1.55. The van der Waals surface area contributed by atoms with Gasteiger partial charge in [-0.25, -0.2) is 9.18 Å². The van der Waals surface area contributed by atoms with Gasteiger partial charge in [0.2, 0.25) is 0 Å². The third-order valence-corrected chi connectivity index (χ3v) is 4.97. The van der Waals surface area contributed by atoms with Crippen LogP contribution in [0.1, 0.15) is 17.2 Å². The van der Waals surface area contributed by atoms with Gasteiger partial charge >= 0.3 is 6.03 Å². The maximum absolute atomic E-state index is 14.1. The number of likely N-dealkylation sites (N-methyl/N-ethyl adjacent to an activating group) is 2. The van der Waals surface area contributed by atoms with Crippen LogP contribution in [0.3, 0.4) is 0 Å². The van der Waals surface area contributed by atoms with Crippen molar-refractivity contribution in [1.29, 1.82) is 0 Å². The zero-order chi connectivity index (χ0) is 22.1. The van der Waals surface area contributed by atoms with Gasteiger partial charge in [0.15, 0.2) is 0 Å². The number of benzene rings is 2. The number of urea groups is 1. The number of halogens is 1. The Morgan fingerprint density at radius 2 is 1.80 bits per heavy atom. The lowest BCUT2D eigenvalue weighted by atomic mass is 10.1. The van der Waals surface area contributed by atoms with Crippen LogP contribution in [0.15, 0.2) is 48.5 Å². The Balaban J connectivity index is 2.11. The Labute approximate surface area is 179 Å². The highest BCUT2D eigenvalue weighted by molar-refractivity contribution is 5.74. The third-order valence-electron chi connectivity index (χ3n) is 4.97. The van der Waals surface area contributed by atoms with Crippen LogP contribution in [0.4, 0.5) is 9.18 Å². The molecule has 7 heteroatoms. The van der Waals surface area contributed by atoms with Crippen LogP contribution in [-0.2, 0) is 6.54 Å². The number of hydrogen-bond donors (Lipinski definition) is 1. The first-order chi connectivity index (χ1) is 14.3. The summed E-state index contributed by atoms with van der Waals surface area (Å²) in [7, 11) is 9.48. The van der Waals surface area contributed by atoms with Crippen LogP contribution in [0.2, 0.25) is 0 Å². The van der Waals surface area contributed by atoms with Crippen molar-refractivity contribution >= 4 is 6.03 Å². The molecule has 0 fully saturated rings. The lowest BCUT2D eigenvalue weighted by Gasteiger charge is -2.29. The second kappa shape index (κ2) is 11.5. The second-order valence-electron chi connectivity index (χ2n) is 7.76. The highest BCUT2D eigenvalue weighted by atomic mass is 19.1. The summed E-state index contributed by atoms with van der Waals surface area (Å²) in [5, 5.41) is 3.03. The van der Waals surface area contributed by atoms with E-state index in [1.165, 1.54) is 6.07 Å². The molecule has 0 heterocycles. The van der Waals surface area contributed by atoms with Crippen LogP contribution in [0.5, 0.6) is 5.75 Å². The van der Waals surface area contributed by atoms with E-state index < -0.39 is 0 Å². The van der Waals surface area contributed by atoms with E-state index in [1.54, 1.807) is 30.2 Å². The lowest BCUT2D eigenvalue weighted by Crippen LogP contribution is -2.45. The maximum atomic E-state index is 14.1. The first kappa shape index (κ1) is 23.6. The summed E-state index contributed by atoms with van der Waals surface area (Å²) in [6.07, 6.45) is 0. The van der Waals surface area contributed by atoms with Gasteiger partial charge in [-0.05, 0) is 52.0 Å². The highest BCUT2D eigenvalue weighted by Gasteiger charge is 2.20. The Morgan fingerprint density at radius 1 is 1.07 bits per heavy atom. The number of nitrogens with zero attached hydrogens (tertiary/aromatic N) is 3. The minimum Gasteiger partial charge on any atom is -0.497 e. The molecule has 164 valence electrons. The fourth-order valence-corrected chi connectivity index (χ4v) is 3.15. The zero-order valence-electron chi connectivity index (χ0n) is 18.6. The number of hydrogen-bond acceptors (Lipinski definition) is 4. The van der Waals surface area contributed by atoms with Crippen molar-refractivity contribution in [3.05, 3.63) is 65.5 Å². The van der Waals surface area contributed by atoms with Crippen LogP contribution in [-0.4, -0.2) is 75.7 Å². The van der Waals surface area contributed by atoms with Gasteiger partial charge < -0.3 is 24.8 Å². The molecule has 6 nitrogen and oxygen atoms in total. The number of carbonyl (C=O) groups excluding carboxylic acids is 1. The molecule has 0 aliphatic carbocycles. The van der Waals surface area contributed by atoms with Gasteiger partial charge in [-0.3, -0.25) is 0 Å². The number of ether oxygens (including phenoxy) is 1. The molecule has 1 atom stereocenters. The molecule has 1 unspecified atom stereocenters. The van der Waals surface area contributed by atoms with Crippen molar-refractivity contribution in [3.8, 4) is 5.75 Å². The zero-order valence-corrected chi connectivity index (χ0v) is 18.6. The molecule has 2 aromatic carbocycles. The fourth-order valence-electron chi connectivity index (χ4n) is 3.15. The molecule has 2 amide bonds. The van der Waals surface area contributed by atoms with E-state index in [9.17, 15) is 9.18 Å². The van der Waals surface area contributed by atoms with Gasteiger partial charge in [-0.1, -0.05) is 30.3 Å². The number of rotatable bonds is 10. The quantitative estimate of drug-likeness (QED) is 0.646. The summed E-state index contributed by atoms with van der Waals surface area (Å²) in [6, 6.07) is 14.2. The largest absolute Gasteiger partial charge is 0.497 e. The van der Waals surface area contributed by atoms with Gasteiger partial charge in [0.05, 0.1) is 19.7 Å². The molecular weight excluding hydrogens is 383 g/mol. The van der Waals surface area contributed by atoms with Crippen molar-refractivity contribution in [2.45, 2.75) is 12.6 Å². The van der Waals surface area contributed by atoms with Crippen LogP contribution in [0, 0.1) is 5.82 Å². The number of nitrogens with one attached hydrogen (secondary N) is 1. The smallest absolute Gasteiger partial charge is 0.317 e. The SMILES string of the molecule is COc1cccc(C(CNC(=O)N(CCN(C)C)Cc2ccccc2F)N(C)C)c1. The third kappa shape index (κ3) is 7.00. The average molecular weight is 417 g/mol. The average Bonchev–Trinajstić information content (AvgIpc) is 2.72. The number of carbonyl (C=O) groups is 1. The molecule has 1 N–H and O–H groups in total. The molecule has 0 bridgehead atoms. The predicted molar refractivity (Wildman–Crippen MR) is 118 cm³/mol. The molecule has 0 spiro atoms. The van der Waals surface area contributed by atoms with E-state index in [0.717, 1.165) is 11.3 Å². The summed E-state index contributed by atoms with van der Waals surface area (Å²) in [6.45, 7) is 1.83. The van der Waals surface area contributed by atoms with Crippen LogP contribution in [0.25, 0.3) is 0 Å². The maximum Gasteiger partial charge on any atom is 0.317 e. The summed E-state index contributed by atoms with van der Waals surface area (Å²) >= 11 is 0. The minimum atomic E-state index is -0.303. The first-order valence-corrected chi connectivity index (χ1v) is 10.0. The van der Waals surface area contributed by atoms with Crippen LogP contribution < -0.4 is 10.1 Å².